The highest BCUT2D eigenvalue weighted by Gasteiger charge is 2.16. The summed E-state index contributed by atoms with van der Waals surface area (Å²) in [5, 5.41) is 0. The standard InChI is InChI=1S/C13H15BrO3/c1-3-17-13(16)12(14)8-10-5-4-6-11(7-10)9(2)15/h4-7,12H,3,8H2,1-2H3. The number of rotatable bonds is 5. The van der Waals surface area contributed by atoms with Crippen LogP contribution in [0.2, 0.25) is 0 Å². The Morgan fingerprint density at radius 2 is 2.12 bits per heavy atom. The van der Waals surface area contributed by atoms with Gasteiger partial charge in [0.25, 0.3) is 0 Å². The topological polar surface area (TPSA) is 43.4 Å². The Kier molecular flexibility index (Phi) is 5.35. The third-order valence-corrected chi connectivity index (χ3v) is 2.99. The maximum absolute atomic E-state index is 11.4. The number of esters is 1. The second-order valence-corrected chi connectivity index (χ2v) is 4.79. The Labute approximate surface area is 109 Å². The van der Waals surface area contributed by atoms with E-state index >= 15 is 0 Å². The van der Waals surface area contributed by atoms with Gasteiger partial charge >= 0.3 is 5.97 Å². The van der Waals surface area contributed by atoms with Crippen molar-refractivity contribution in [1.82, 2.24) is 0 Å². The smallest absolute Gasteiger partial charge is 0.320 e. The first-order valence-electron chi connectivity index (χ1n) is 5.45. The molecule has 0 amide bonds. The normalized spacial score (nSPS) is 11.9. The fourth-order valence-corrected chi connectivity index (χ4v) is 1.95. The van der Waals surface area contributed by atoms with E-state index in [1.54, 1.807) is 19.1 Å². The summed E-state index contributed by atoms with van der Waals surface area (Å²) in [5.74, 6) is -0.255. The molecule has 0 aliphatic rings. The number of carbonyl (C=O) groups excluding carboxylic acids is 2. The van der Waals surface area contributed by atoms with Gasteiger partial charge in [0.05, 0.1) is 6.61 Å². The Morgan fingerprint density at radius 1 is 1.41 bits per heavy atom. The molecule has 1 aromatic rings. The number of Topliss-reactive ketones (excluding diaryl/α,β-unsaturated/α-hetero) is 1. The molecular weight excluding hydrogens is 284 g/mol. The Bertz CT molecular complexity index is 415. The minimum Gasteiger partial charge on any atom is -0.465 e. The molecule has 92 valence electrons. The highest BCUT2D eigenvalue weighted by atomic mass is 79.9. The number of hydrogen-bond acceptors (Lipinski definition) is 3. The molecule has 1 unspecified atom stereocenters. The largest absolute Gasteiger partial charge is 0.465 e. The van der Waals surface area contributed by atoms with Crippen molar-refractivity contribution in [3.63, 3.8) is 0 Å². The predicted molar refractivity (Wildman–Crippen MR) is 69.5 cm³/mol. The van der Waals surface area contributed by atoms with Gasteiger partial charge in [0.15, 0.2) is 5.78 Å². The predicted octanol–water partition coefficient (Wildman–Crippen LogP) is 2.76. The van der Waals surface area contributed by atoms with Crippen LogP contribution in [0.25, 0.3) is 0 Å². The van der Waals surface area contributed by atoms with Gasteiger partial charge in [0.1, 0.15) is 4.83 Å². The molecule has 0 saturated carbocycles. The lowest BCUT2D eigenvalue weighted by molar-refractivity contribution is -0.142. The van der Waals surface area contributed by atoms with E-state index in [0.717, 1.165) is 5.56 Å². The number of benzene rings is 1. The molecule has 0 saturated heterocycles. The van der Waals surface area contributed by atoms with Crippen LogP contribution in [0.4, 0.5) is 0 Å². The molecule has 17 heavy (non-hydrogen) atoms. The molecule has 1 rings (SSSR count). The molecule has 0 heterocycles. The van der Waals surface area contributed by atoms with E-state index in [9.17, 15) is 9.59 Å². The summed E-state index contributed by atoms with van der Waals surface area (Å²) in [6.07, 6.45) is 0.514. The average Bonchev–Trinajstić information content (AvgIpc) is 2.29. The summed E-state index contributed by atoms with van der Waals surface area (Å²) in [5.41, 5.74) is 1.60. The van der Waals surface area contributed by atoms with Crippen LogP contribution in [0, 0.1) is 0 Å². The van der Waals surface area contributed by atoms with Crippen molar-refractivity contribution in [3.05, 3.63) is 35.4 Å². The van der Waals surface area contributed by atoms with Crippen LogP contribution in [0.15, 0.2) is 24.3 Å². The van der Waals surface area contributed by atoms with Gasteiger partial charge in [-0.3, -0.25) is 9.59 Å². The van der Waals surface area contributed by atoms with Gasteiger partial charge in [-0.05, 0) is 31.9 Å². The SMILES string of the molecule is CCOC(=O)C(Br)Cc1cccc(C(C)=O)c1. The van der Waals surface area contributed by atoms with Crippen LogP contribution in [0.3, 0.4) is 0 Å². The van der Waals surface area contributed by atoms with Crippen molar-refractivity contribution in [2.75, 3.05) is 6.61 Å². The third-order valence-electron chi connectivity index (χ3n) is 2.29. The van der Waals surface area contributed by atoms with E-state index in [1.165, 1.54) is 6.92 Å². The molecule has 0 bridgehead atoms. The highest BCUT2D eigenvalue weighted by molar-refractivity contribution is 9.10. The van der Waals surface area contributed by atoms with Crippen LogP contribution in [-0.4, -0.2) is 23.2 Å². The van der Waals surface area contributed by atoms with Gasteiger partial charge in [0, 0.05) is 5.56 Å². The second-order valence-electron chi connectivity index (χ2n) is 3.68. The van der Waals surface area contributed by atoms with E-state index in [-0.39, 0.29) is 16.6 Å². The zero-order valence-corrected chi connectivity index (χ0v) is 11.5. The van der Waals surface area contributed by atoms with E-state index in [2.05, 4.69) is 15.9 Å². The molecular formula is C13H15BrO3. The van der Waals surface area contributed by atoms with Gasteiger partial charge in [0.2, 0.25) is 0 Å². The summed E-state index contributed by atoms with van der Waals surface area (Å²) in [4.78, 5) is 22.3. The summed E-state index contributed by atoms with van der Waals surface area (Å²) >= 11 is 3.28. The number of ketones is 1. The number of halogens is 1. The molecule has 1 aromatic carbocycles. The van der Waals surface area contributed by atoms with Crippen molar-refractivity contribution >= 4 is 27.7 Å². The van der Waals surface area contributed by atoms with Gasteiger partial charge < -0.3 is 4.74 Å². The first kappa shape index (κ1) is 13.9. The maximum atomic E-state index is 11.4. The molecule has 4 heteroatoms. The Hall–Kier alpha value is -1.16. The Balaban J connectivity index is 2.71. The fourth-order valence-electron chi connectivity index (χ4n) is 1.44. The molecule has 0 aromatic heterocycles. The molecule has 0 radical (unpaired) electrons. The Morgan fingerprint density at radius 3 is 2.71 bits per heavy atom. The monoisotopic (exact) mass is 298 g/mol. The number of alkyl halides is 1. The molecule has 0 N–H and O–H groups in total. The lowest BCUT2D eigenvalue weighted by Crippen LogP contribution is -2.19. The van der Waals surface area contributed by atoms with Crippen LogP contribution in [-0.2, 0) is 16.0 Å². The second kappa shape index (κ2) is 6.55. The van der Waals surface area contributed by atoms with Crippen molar-refractivity contribution in [2.45, 2.75) is 25.1 Å². The zero-order chi connectivity index (χ0) is 12.8. The van der Waals surface area contributed by atoms with Crippen molar-refractivity contribution < 1.29 is 14.3 Å². The lowest BCUT2D eigenvalue weighted by Gasteiger charge is -2.09. The van der Waals surface area contributed by atoms with Gasteiger partial charge in [-0.1, -0.05) is 34.1 Å². The zero-order valence-electron chi connectivity index (χ0n) is 9.90. The van der Waals surface area contributed by atoms with E-state index in [1.807, 2.05) is 12.1 Å². The maximum Gasteiger partial charge on any atom is 0.320 e. The first-order valence-corrected chi connectivity index (χ1v) is 6.36. The molecule has 0 fully saturated rings. The van der Waals surface area contributed by atoms with E-state index in [4.69, 9.17) is 4.74 Å². The van der Waals surface area contributed by atoms with Crippen LogP contribution >= 0.6 is 15.9 Å². The summed E-state index contributed by atoms with van der Waals surface area (Å²) in [6.45, 7) is 3.67. The minimum atomic E-state index is -0.371. The first-order chi connectivity index (χ1) is 8.04. The van der Waals surface area contributed by atoms with E-state index in [0.29, 0.717) is 18.6 Å². The lowest BCUT2D eigenvalue weighted by atomic mass is 10.0. The molecule has 0 spiro atoms. The summed E-state index contributed by atoms with van der Waals surface area (Å²) < 4.78 is 4.90. The van der Waals surface area contributed by atoms with Gasteiger partial charge in [-0.15, -0.1) is 0 Å². The van der Waals surface area contributed by atoms with E-state index < -0.39 is 0 Å². The van der Waals surface area contributed by atoms with Crippen molar-refractivity contribution in [2.24, 2.45) is 0 Å². The van der Waals surface area contributed by atoms with Crippen LogP contribution in [0.1, 0.15) is 29.8 Å². The van der Waals surface area contributed by atoms with Crippen LogP contribution in [0.5, 0.6) is 0 Å². The minimum absolute atomic E-state index is 0.0223. The summed E-state index contributed by atoms with van der Waals surface area (Å²) in [7, 11) is 0. The van der Waals surface area contributed by atoms with Crippen LogP contribution < -0.4 is 0 Å². The quantitative estimate of drug-likeness (QED) is 0.477. The molecule has 1 atom stereocenters. The fraction of sp³-hybridized carbons (Fsp3) is 0.385. The third kappa shape index (κ3) is 4.30. The van der Waals surface area contributed by atoms with Gasteiger partial charge in [-0.2, -0.15) is 0 Å². The van der Waals surface area contributed by atoms with Crippen molar-refractivity contribution in [3.8, 4) is 0 Å². The average molecular weight is 299 g/mol. The highest BCUT2D eigenvalue weighted by Crippen LogP contribution is 2.13. The number of carbonyl (C=O) groups is 2. The molecule has 0 aliphatic heterocycles. The molecule has 0 aliphatic carbocycles. The number of hydrogen-bond donors (Lipinski definition) is 0. The summed E-state index contributed by atoms with van der Waals surface area (Å²) in [6, 6.07) is 7.27. The van der Waals surface area contributed by atoms with Crippen molar-refractivity contribution in [1.29, 1.82) is 0 Å². The molecule has 3 nitrogen and oxygen atoms in total. The van der Waals surface area contributed by atoms with Gasteiger partial charge in [-0.25, -0.2) is 0 Å². The number of ether oxygens (including phenoxy) is 1.